The normalized spacial score (nSPS) is 12.2. The van der Waals surface area contributed by atoms with Gasteiger partial charge in [-0.2, -0.15) is 0 Å². The first-order valence-corrected chi connectivity index (χ1v) is 7.29. The van der Waals surface area contributed by atoms with Crippen LogP contribution < -0.4 is 5.73 Å². The maximum Gasteiger partial charge on any atom is 0.152 e. The van der Waals surface area contributed by atoms with Crippen LogP contribution in [0.1, 0.15) is 26.5 Å². The molecule has 0 saturated carbocycles. The second-order valence-corrected chi connectivity index (χ2v) is 6.87. The summed E-state index contributed by atoms with van der Waals surface area (Å²) in [6, 6.07) is 3.51. The predicted molar refractivity (Wildman–Crippen MR) is 83.1 cm³/mol. The first-order chi connectivity index (χ1) is 9.36. The fraction of sp³-hybridized carbons (Fsp3) is 0.308. The average Bonchev–Trinajstić information content (AvgIpc) is 2.91. The zero-order valence-electron chi connectivity index (χ0n) is 11.4. The van der Waals surface area contributed by atoms with Crippen LogP contribution in [0.15, 0.2) is 12.1 Å². The van der Waals surface area contributed by atoms with Crippen molar-refractivity contribution in [1.82, 2.24) is 19.6 Å². The molecule has 0 fully saturated rings. The van der Waals surface area contributed by atoms with Gasteiger partial charge in [-0.25, -0.2) is 4.98 Å². The molecule has 5 nitrogen and oxygen atoms in total. The minimum absolute atomic E-state index is 0.0928. The summed E-state index contributed by atoms with van der Waals surface area (Å²) in [7, 11) is 0. The third kappa shape index (κ3) is 2.14. The van der Waals surface area contributed by atoms with Crippen molar-refractivity contribution in [3.05, 3.63) is 22.8 Å². The van der Waals surface area contributed by atoms with Gasteiger partial charge in [0, 0.05) is 10.4 Å². The number of nitrogen functional groups attached to an aromatic ring is 1. The van der Waals surface area contributed by atoms with Gasteiger partial charge in [0.1, 0.15) is 10.4 Å². The topological polar surface area (TPSA) is 80.5 Å². The molecule has 2 aromatic heterocycles. The SMILES string of the molecule is CC(C)(C)c1nnsc1-c1nc2c(N)cc(Cl)cc2[nH]1. The number of hydrogen-bond acceptors (Lipinski definition) is 5. The van der Waals surface area contributed by atoms with E-state index in [1.165, 1.54) is 11.5 Å². The number of anilines is 1. The van der Waals surface area contributed by atoms with E-state index in [4.69, 9.17) is 17.3 Å². The van der Waals surface area contributed by atoms with Crippen LogP contribution in [0, 0.1) is 0 Å². The number of aromatic amines is 1. The molecular formula is C13H14ClN5S. The molecule has 0 aliphatic carbocycles. The van der Waals surface area contributed by atoms with Crippen LogP contribution in [-0.2, 0) is 5.41 Å². The second kappa shape index (κ2) is 4.43. The van der Waals surface area contributed by atoms with E-state index >= 15 is 0 Å². The lowest BCUT2D eigenvalue weighted by atomic mass is 9.91. The van der Waals surface area contributed by atoms with Crippen molar-refractivity contribution in [2.24, 2.45) is 0 Å². The van der Waals surface area contributed by atoms with Gasteiger partial charge in [-0.05, 0) is 23.7 Å². The maximum absolute atomic E-state index is 6.01. The Balaban J connectivity index is 2.21. The fourth-order valence-electron chi connectivity index (χ4n) is 2.05. The molecule has 0 aliphatic rings. The van der Waals surface area contributed by atoms with Gasteiger partial charge in [-0.1, -0.05) is 36.9 Å². The van der Waals surface area contributed by atoms with Crippen LogP contribution in [0.4, 0.5) is 5.69 Å². The zero-order valence-corrected chi connectivity index (χ0v) is 12.9. The molecule has 0 saturated heterocycles. The summed E-state index contributed by atoms with van der Waals surface area (Å²) in [6.07, 6.45) is 0. The number of fused-ring (bicyclic) bond motifs is 1. The van der Waals surface area contributed by atoms with Crippen molar-refractivity contribution >= 4 is 39.9 Å². The van der Waals surface area contributed by atoms with Gasteiger partial charge >= 0.3 is 0 Å². The third-order valence-corrected chi connectivity index (χ3v) is 3.95. The molecule has 3 N–H and O–H groups in total. The molecule has 0 radical (unpaired) electrons. The van der Waals surface area contributed by atoms with Gasteiger partial charge in [0.05, 0.1) is 16.9 Å². The number of hydrogen-bond donors (Lipinski definition) is 2. The Kier molecular flexibility index (Phi) is 2.95. The summed E-state index contributed by atoms with van der Waals surface area (Å²) in [6.45, 7) is 6.29. The molecule has 7 heteroatoms. The summed E-state index contributed by atoms with van der Waals surface area (Å²) >= 11 is 7.34. The maximum atomic E-state index is 6.01. The van der Waals surface area contributed by atoms with Crippen molar-refractivity contribution < 1.29 is 0 Å². The van der Waals surface area contributed by atoms with Gasteiger partial charge in [0.2, 0.25) is 0 Å². The fourth-order valence-corrected chi connectivity index (χ4v) is 3.10. The first kappa shape index (κ1) is 13.3. The molecule has 0 unspecified atom stereocenters. The highest BCUT2D eigenvalue weighted by Gasteiger charge is 2.25. The van der Waals surface area contributed by atoms with Crippen LogP contribution in [0.25, 0.3) is 21.7 Å². The summed E-state index contributed by atoms with van der Waals surface area (Å²) in [5, 5.41) is 4.81. The van der Waals surface area contributed by atoms with Crippen LogP contribution in [0.5, 0.6) is 0 Å². The minimum Gasteiger partial charge on any atom is -0.397 e. The monoisotopic (exact) mass is 307 g/mol. The lowest BCUT2D eigenvalue weighted by Crippen LogP contribution is -2.13. The van der Waals surface area contributed by atoms with Crippen molar-refractivity contribution in [2.75, 3.05) is 5.73 Å². The number of nitrogens with two attached hydrogens (primary N) is 1. The smallest absolute Gasteiger partial charge is 0.152 e. The number of rotatable bonds is 1. The molecule has 0 bridgehead atoms. The zero-order chi connectivity index (χ0) is 14.5. The quantitative estimate of drug-likeness (QED) is 0.673. The molecule has 104 valence electrons. The number of benzene rings is 1. The van der Waals surface area contributed by atoms with E-state index in [2.05, 4.69) is 40.3 Å². The van der Waals surface area contributed by atoms with E-state index in [1.54, 1.807) is 6.07 Å². The van der Waals surface area contributed by atoms with Crippen molar-refractivity contribution in [3.8, 4) is 10.7 Å². The molecular weight excluding hydrogens is 294 g/mol. The molecule has 3 rings (SSSR count). The number of imidazole rings is 1. The van der Waals surface area contributed by atoms with E-state index in [1.807, 2.05) is 6.07 Å². The van der Waals surface area contributed by atoms with Crippen LogP contribution >= 0.6 is 23.1 Å². The van der Waals surface area contributed by atoms with Crippen LogP contribution in [0.2, 0.25) is 5.02 Å². The van der Waals surface area contributed by atoms with E-state index < -0.39 is 0 Å². The van der Waals surface area contributed by atoms with Gasteiger partial charge < -0.3 is 10.7 Å². The molecule has 2 heterocycles. The molecule has 1 aromatic carbocycles. The van der Waals surface area contributed by atoms with Gasteiger partial charge in [-0.3, -0.25) is 0 Å². The average molecular weight is 308 g/mol. The largest absolute Gasteiger partial charge is 0.397 e. The highest BCUT2D eigenvalue weighted by atomic mass is 35.5. The van der Waals surface area contributed by atoms with E-state index in [0.717, 1.165) is 27.4 Å². The highest BCUT2D eigenvalue weighted by molar-refractivity contribution is 7.09. The molecule has 3 aromatic rings. The summed E-state index contributed by atoms with van der Waals surface area (Å²) in [4.78, 5) is 8.74. The Hall–Kier alpha value is -1.66. The first-order valence-electron chi connectivity index (χ1n) is 6.14. The predicted octanol–water partition coefficient (Wildman–Crippen LogP) is 3.61. The van der Waals surface area contributed by atoms with Crippen LogP contribution in [0.3, 0.4) is 0 Å². The van der Waals surface area contributed by atoms with Gasteiger partial charge in [0.15, 0.2) is 5.82 Å². The molecule has 0 amide bonds. The summed E-state index contributed by atoms with van der Waals surface area (Å²) in [5.74, 6) is 0.730. The number of halogens is 1. The Morgan fingerprint density at radius 2 is 2.05 bits per heavy atom. The van der Waals surface area contributed by atoms with E-state index in [9.17, 15) is 0 Å². The van der Waals surface area contributed by atoms with Crippen molar-refractivity contribution in [1.29, 1.82) is 0 Å². The standard InChI is InChI=1S/C13H14ClN5S/c1-13(2,3)11-10(20-19-18-11)12-16-8-5-6(14)4-7(15)9(8)17-12/h4-5H,15H2,1-3H3,(H,16,17). The number of nitrogens with one attached hydrogen (secondary N) is 1. The summed E-state index contributed by atoms with van der Waals surface area (Å²) in [5.41, 5.74) is 8.88. The van der Waals surface area contributed by atoms with Gasteiger partial charge in [-0.15, -0.1) is 5.10 Å². The Morgan fingerprint density at radius 3 is 2.75 bits per heavy atom. The Labute approximate surface area is 125 Å². The number of H-pyrrole nitrogens is 1. The number of aromatic nitrogens is 4. The van der Waals surface area contributed by atoms with Crippen molar-refractivity contribution in [2.45, 2.75) is 26.2 Å². The molecule has 0 aliphatic heterocycles. The van der Waals surface area contributed by atoms with Gasteiger partial charge in [0.25, 0.3) is 0 Å². The Morgan fingerprint density at radius 1 is 1.30 bits per heavy atom. The highest BCUT2D eigenvalue weighted by Crippen LogP contribution is 2.34. The lowest BCUT2D eigenvalue weighted by molar-refractivity contribution is 0.568. The lowest BCUT2D eigenvalue weighted by Gasteiger charge is -2.15. The van der Waals surface area contributed by atoms with Crippen molar-refractivity contribution in [3.63, 3.8) is 0 Å². The third-order valence-electron chi connectivity index (χ3n) is 2.99. The second-order valence-electron chi connectivity index (χ2n) is 5.68. The van der Waals surface area contributed by atoms with E-state index in [-0.39, 0.29) is 5.41 Å². The van der Waals surface area contributed by atoms with Crippen LogP contribution in [-0.4, -0.2) is 19.6 Å². The Bertz CT molecular complexity index is 784. The van der Waals surface area contributed by atoms with E-state index in [0.29, 0.717) is 10.7 Å². The minimum atomic E-state index is -0.0928. The molecule has 20 heavy (non-hydrogen) atoms. The molecule has 0 spiro atoms. The number of nitrogens with zero attached hydrogens (tertiary/aromatic N) is 3. The molecule has 0 atom stereocenters. The summed E-state index contributed by atoms with van der Waals surface area (Å²) < 4.78 is 4.05.